The van der Waals surface area contributed by atoms with Gasteiger partial charge in [-0.15, -0.1) is 0 Å². The van der Waals surface area contributed by atoms with Crippen molar-refractivity contribution in [1.29, 1.82) is 0 Å². The number of carbonyl (C=O) groups is 2. The standard InChI is InChI=1S/C14H22O3/c1-2-17-14(16)12(13(15)11-8-9-11)10-6-4-3-5-7-10/h10-12H,2-9H2,1H3. The highest BCUT2D eigenvalue weighted by molar-refractivity contribution is 6.01. The van der Waals surface area contributed by atoms with Crippen molar-refractivity contribution in [3.8, 4) is 0 Å². The molecule has 1 atom stereocenters. The summed E-state index contributed by atoms with van der Waals surface area (Å²) < 4.78 is 5.10. The lowest BCUT2D eigenvalue weighted by atomic mass is 9.77. The van der Waals surface area contributed by atoms with Crippen LogP contribution in [0.1, 0.15) is 51.9 Å². The predicted molar refractivity (Wildman–Crippen MR) is 64.4 cm³/mol. The average molecular weight is 238 g/mol. The lowest BCUT2D eigenvalue weighted by Gasteiger charge is -2.27. The van der Waals surface area contributed by atoms with Gasteiger partial charge >= 0.3 is 5.97 Å². The minimum atomic E-state index is -0.456. The zero-order valence-electron chi connectivity index (χ0n) is 10.6. The van der Waals surface area contributed by atoms with Gasteiger partial charge in [0.1, 0.15) is 11.7 Å². The van der Waals surface area contributed by atoms with Gasteiger partial charge in [0.15, 0.2) is 0 Å². The molecule has 0 heterocycles. The predicted octanol–water partition coefficient (Wildman–Crippen LogP) is 2.73. The molecule has 3 heteroatoms. The molecule has 0 aromatic carbocycles. The van der Waals surface area contributed by atoms with E-state index in [0.29, 0.717) is 6.61 Å². The van der Waals surface area contributed by atoms with Gasteiger partial charge < -0.3 is 4.74 Å². The van der Waals surface area contributed by atoms with Gasteiger partial charge in [-0.3, -0.25) is 9.59 Å². The van der Waals surface area contributed by atoms with Gasteiger partial charge in [0.25, 0.3) is 0 Å². The Balaban J connectivity index is 2.04. The first-order chi connectivity index (χ1) is 8.24. The van der Waals surface area contributed by atoms with Crippen molar-refractivity contribution in [2.24, 2.45) is 17.8 Å². The minimum Gasteiger partial charge on any atom is -0.465 e. The SMILES string of the molecule is CCOC(=O)C(C(=O)C1CC1)C1CCCCC1. The molecule has 0 aliphatic heterocycles. The number of ketones is 1. The van der Waals surface area contributed by atoms with Crippen LogP contribution in [0.25, 0.3) is 0 Å². The number of carbonyl (C=O) groups excluding carboxylic acids is 2. The zero-order chi connectivity index (χ0) is 12.3. The Morgan fingerprint density at radius 2 is 1.76 bits per heavy atom. The maximum atomic E-state index is 12.2. The second kappa shape index (κ2) is 5.65. The van der Waals surface area contributed by atoms with Crippen LogP contribution in [0, 0.1) is 17.8 Å². The first kappa shape index (κ1) is 12.6. The molecule has 0 bridgehead atoms. The van der Waals surface area contributed by atoms with E-state index in [4.69, 9.17) is 4.74 Å². The molecule has 2 saturated carbocycles. The molecule has 0 aromatic rings. The van der Waals surface area contributed by atoms with Crippen molar-refractivity contribution in [3.63, 3.8) is 0 Å². The summed E-state index contributed by atoms with van der Waals surface area (Å²) in [6, 6.07) is 0. The summed E-state index contributed by atoms with van der Waals surface area (Å²) in [4.78, 5) is 24.2. The third-order valence-corrected chi connectivity index (χ3v) is 3.95. The largest absolute Gasteiger partial charge is 0.465 e. The third kappa shape index (κ3) is 3.08. The number of ether oxygens (including phenoxy) is 1. The second-order valence-electron chi connectivity index (χ2n) is 5.30. The number of hydrogen-bond donors (Lipinski definition) is 0. The van der Waals surface area contributed by atoms with Crippen molar-refractivity contribution < 1.29 is 14.3 Å². The van der Waals surface area contributed by atoms with Gasteiger partial charge in [-0.05, 0) is 38.5 Å². The quantitative estimate of drug-likeness (QED) is 0.546. The highest BCUT2D eigenvalue weighted by atomic mass is 16.5. The normalized spacial score (nSPS) is 23.1. The van der Waals surface area contributed by atoms with Crippen LogP contribution in [0.2, 0.25) is 0 Å². The Morgan fingerprint density at radius 3 is 2.29 bits per heavy atom. The van der Waals surface area contributed by atoms with E-state index in [1.165, 1.54) is 6.42 Å². The van der Waals surface area contributed by atoms with Gasteiger partial charge in [0.2, 0.25) is 0 Å². The molecule has 0 radical (unpaired) electrons. The second-order valence-corrected chi connectivity index (χ2v) is 5.30. The number of Topliss-reactive ketones (excluding diaryl/α,β-unsaturated/α-hetero) is 1. The summed E-state index contributed by atoms with van der Waals surface area (Å²) in [7, 11) is 0. The fourth-order valence-corrected chi connectivity index (χ4v) is 2.86. The molecule has 0 amide bonds. The van der Waals surface area contributed by atoms with Crippen molar-refractivity contribution in [1.82, 2.24) is 0 Å². The molecule has 0 saturated heterocycles. The Morgan fingerprint density at radius 1 is 1.12 bits per heavy atom. The van der Waals surface area contributed by atoms with Crippen LogP contribution in [-0.2, 0) is 14.3 Å². The molecule has 2 fully saturated rings. The number of hydrogen-bond acceptors (Lipinski definition) is 3. The van der Waals surface area contributed by atoms with Gasteiger partial charge in [-0.2, -0.15) is 0 Å². The fraction of sp³-hybridized carbons (Fsp3) is 0.857. The van der Waals surface area contributed by atoms with E-state index in [-0.39, 0.29) is 23.6 Å². The highest BCUT2D eigenvalue weighted by Crippen LogP contribution is 2.38. The molecule has 17 heavy (non-hydrogen) atoms. The van der Waals surface area contributed by atoms with Crippen LogP contribution in [0.15, 0.2) is 0 Å². The zero-order valence-corrected chi connectivity index (χ0v) is 10.6. The summed E-state index contributed by atoms with van der Waals surface area (Å²) in [5.41, 5.74) is 0. The van der Waals surface area contributed by atoms with E-state index in [9.17, 15) is 9.59 Å². The van der Waals surface area contributed by atoms with E-state index in [0.717, 1.165) is 38.5 Å². The van der Waals surface area contributed by atoms with E-state index < -0.39 is 5.92 Å². The summed E-state index contributed by atoms with van der Waals surface area (Å²) in [6.07, 6.45) is 7.52. The van der Waals surface area contributed by atoms with Crippen molar-refractivity contribution in [3.05, 3.63) is 0 Å². The Hall–Kier alpha value is -0.860. The average Bonchev–Trinajstić information content (AvgIpc) is 3.15. The van der Waals surface area contributed by atoms with Gasteiger partial charge in [-0.1, -0.05) is 19.3 Å². The summed E-state index contributed by atoms with van der Waals surface area (Å²) in [5.74, 6) is -0.156. The summed E-state index contributed by atoms with van der Waals surface area (Å²) >= 11 is 0. The topological polar surface area (TPSA) is 43.4 Å². The number of esters is 1. The molecule has 0 N–H and O–H groups in total. The lowest BCUT2D eigenvalue weighted by Crippen LogP contribution is -2.35. The monoisotopic (exact) mass is 238 g/mol. The molecule has 0 spiro atoms. The first-order valence-electron chi connectivity index (χ1n) is 6.94. The molecule has 2 aliphatic carbocycles. The number of rotatable bonds is 5. The van der Waals surface area contributed by atoms with Crippen molar-refractivity contribution in [2.45, 2.75) is 51.9 Å². The van der Waals surface area contributed by atoms with E-state index >= 15 is 0 Å². The highest BCUT2D eigenvalue weighted by Gasteiger charge is 2.43. The Labute approximate surface area is 103 Å². The molecule has 1 unspecified atom stereocenters. The maximum absolute atomic E-state index is 12.2. The summed E-state index contributed by atoms with van der Waals surface area (Å²) in [6.45, 7) is 2.18. The lowest BCUT2D eigenvalue weighted by molar-refractivity contribution is -0.154. The minimum absolute atomic E-state index is 0.159. The molecule has 96 valence electrons. The Kier molecular flexibility index (Phi) is 4.19. The van der Waals surface area contributed by atoms with Crippen LogP contribution in [-0.4, -0.2) is 18.4 Å². The maximum Gasteiger partial charge on any atom is 0.316 e. The molecular formula is C14H22O3. The fourth-order valence-electron chi connectivity index (χ4n) is 2.86. The van der Waals surface area contributed by atoms with Crippen molar-refractivity contribution >= 4 is 11.8 Å². The molecule has 3 nitrogen and oxygen atoms in total. The van der Waals surface area contributed by atoms with Crippen LogP contribution < -0.4 is 0 Å². The molecule has 2 aliphatic rings. The smallest absolute Gasteiger partial charge is 0.316 e. The first-order valence-corrected chi connectivity index (χ1v) is 6.94. The molecular weight excluding hydrogens is 216 g/mol. The van der Waals surface area contributed by atoms with E-state index in [1.54, 1.807) is 6.92 Å². The molecule has 0 aromatic heterocycles. The summed E-state index contributed by atoms with van der Waals surface area (Å²) in [5, 5.41) is 0. The van der Waals surface area contributed by atoms with Gasteiger partial charge in [0.05, 0.1) is 6.61 Å². The Bertz CT molecular complexity index is 288. The van der Waals surface area contributed by atoms with E-state index in [2.05, 4.69) is 0 Å². The van der Waals surface area contributed by atoms with Crippen molar-refractivity contribution in [2.75, 3.05) is 6.61 Å². The van der Waals surface area contributed by atoms with Gasteiger partial charge in [-0.25, -0.2) is 0 Å². The third-order valence-electron chi connectivity index (χ3n) is 3.95. The molecule has 2 rings (SSSR count). The van der Waals surface area contributed by atoms with Gasteiger partial charge in [0, 0.05) is 5.92 Å². The van der Waals surface area contributed by atoms with Crippen LogP contribution >= 0.6 is 0 Å². The van der Waals surface area contributed by atoms with Crippen LogP contribution in [0.5, 0.6) is 0 Å². The van der Waals surface area contributed by atoms with Crippen LogP contribution in [0.4, 0.5) is 0 Å². The van der Waals surface area contributed by atoms with Crippen LogP contribution in [0.3, 0.4) is 0 Å². The van der Waals surface area contributed by atoms with E-state index in [1.807, 2.05) is 0 Å².